The first-order chi connectivity index (χ1) is 10.3. The third-order valence-corrected chi connectivity index (χ3v) is 4.14. The average molecular weight is 286 g/mol. The molecule has 1 atom stereocenters. The normalized spacial score (nSPS) is 17.6. The molecule has 1 aromatic carbocycles. The van der Waals surface area contributed by atoms with Crippen LogP contribution in [-0.2, 0) is 11.2 Å². The molecule has 1 aromatic rings. The third kappa shape index (κ3) is 5.35. The fourth-order valence-electron chi connectivity index (χ4n) is 2.83. The van der Waals surface area contributed by atoms with Crippen molar-refractivity contribution >= 4 is 5.91 Å². The quantitative estimate of drug-likeness (QED) is 0.745. The van der Waals surface area contributed by atoms with Crippen LogP contribution in [0.1, 0.15) is 24.8 Å². The van der Waals surface area contributed by atoms with Crippen LogP contribution in [0.2, 0.25) is 0 Å². The van der Waals surface area contributed by atoms with Gasteiger partial charge in [0.05, 0.1) is 0 Å². The van der Waals surface area contributed by atoms with Crippen LogP contribution in [0.25, 0.3) is 0 Å². The van der Waals surface area contributed by atoms with Crippen molar-refractivity contribution in [1.29, 1.82) is 0 Å². The van der Waals surface area contributed by atoms with Crippen LogP contribution < -0.4 is 5.32 Å². The monoisotopic (exact) mass is 286 g/mol. The highest BCUT2D eigenvalue weighted by Crippen LogP contribution is 2.15. The molecule has 21 heavy (non-hydrogen) atoms. The lowest BCUT2D eigenvalue weighted by Crippen LogP contribution is -2.33. The molecule has 1 aliphatic rings. The molecular weight excluding hydrogens is 260 g/mol. The number of carbonyl (C=O) groups excluding carboxylic acids is 1. The molecular formula is C18H26N2O. The molecule has 0 aliphatic carbocycles. The lowest BCUT2D eigenvalue weighted by Gasteiger charge is -2.22. The molecule has 0 aromatic heterocycles. The van der Waals surface area contributed by atoms with Crippen molar-refractivity contribution < 1.29 is 4.79 Å². The van der Waals surface area contributed by atoms with E-state index >= 15 is 0 Å². The molecule has 0 bridgehead atoms. The highest BCUT2D eigenvalue weighted by atomic mass is 16.2. The van der Waals surface area contributed by atoms with Crippen molar-refractivity contribution in [3.05, 3.63) is 48.6 Å². The van der Waals surface area contributed by atoms with Gasteiger partial charge in [-0.15, -0.1) is 6.58 Å². The summed E-state index contributed by atoms with van der Waals surface area (Å²) < 4.78 is 0. The third-order valence-electron chi connectivity index (χ3n) is 4.14. The summed E-state index contributed by atoms with van der Waals surface area (Å²) in [6.45, 7) is 7.36. The standard InChI is InChI=1S/C18H26N2O/c1-2-13-20(14-11-16-6-4-3-5-7-16)18(21)9-8-17-10-12-19-15-17/h2-7,17,19H,1,8-15H2. The molecule has 0 radical (unpaired) electrons. The first-order valence-electron chi connectivity index (χ1n) is 7.93. The van der Waals surface area contributed by atoms with E-state index in [9.17, 15) is 4.79 Å². The number of nitrogens with zero attached hydrogens (tertiary/aromatic N) is 1. The minimum atomic E-state index is 0.262. The van der Waals surface area contributed by atoms with E-state index in [0.717, 1.165) is 32.5 Å². The van der Waals surface area contributed by atoms with Crippen molar-refractivity contribution in [1.82, 2.24) is 10.2 Å². The van der Waals surface area contributed by atoms with Crippen LogP contribution in [0.3, 0.4) is 0 Å². The van der Waals surface area contributed by atoms with Gasteiger partial charge in [-0.2, -0.15) is 0 Å². The number of hydrogen-bond acceptors (Lipinski definition) is 2. The summed E-state index contributed by atoms with van der Waals surface area (Å²) in [6.07, 6.45) is 5.60. The fraction of sp³-hybridized carbons (Fsp3) is 0.500. The van der Waals surface area contributed by atoms with E-state index in [1.165, 1.54) is 12.0 Å². The second-order valence-corrected chi connectivity index (χ2v) is 5.76. The molecule has 1 amide bonds. The van der Waals surface area contributed by atoms with Crippen LogP contribution in [0, 0.1) is 5.92 Å². The zero-order valence-electron chi connectivity index (χ0n) is 12.8. The molecule has 1 N–H and O–H groups in total. The maximum Gasteiger partial charge on any atom is 0.222 e. The first-order valence-corrected chi connectivity index (χ1v) is 7.93. The highest BCUT2D eigenvalue weighted by Gasteiger charge is 2.18. The van der Waals surface area contributed by atoms with Gasteiger partial charge < -0.3 is 10.2 Å². The highest BCUT2D eigenvalue weighted by molar-refractivity contribution is 5.76. The van der Waals surface area contributed by atoms with E-state index in [-0.39, 0.29) is 5.91 Å². The second-order valence-electron chi connectivity index (χ2n) is 5.76. The van der Waals surface area contributed by atoms with E-state index in [4.69, 9.17) is 0 Å². The van der Waals surface area contributed by atoms with Gasteiger partial charge in [0.1, 0.15) is 0 Å². The molecule has 1 aliphatic heterocycles. The molecule has 114 valence electrons. The van der Waals surface area contributed by atoms with Gasteiger partial charge in [0.2, 0.25) is 5.91 Å². The Balaban J connectivity index is 1.79. The number of amides is 1. The van der Waals surface area contributed by atoms with Crippen molar-refractivity contribution in [2.24, 2.45) is 5.92 Å². The lowest BCUT2D eigenvalue weighted by molar-refractivity contribution is -0.131. The van der Waals surface area contributed by atoms with Crippen molar-refractivity contribution in [2.75, 3.05) is 26.2 Å². The van der Waals surface area contributed by atoms with E-state index in [1.54, 1.807) is 0 Å². The fourth-order valence-corrected chi connectivity index (χ4v) is 2.83. The minimum absolute atomic E-state index is 0.262. The largest absolute Gasteiger partial charge is 0.339 e. The molecule has 1 fully saturated rings. The summed E-state index contributed by atoms with van der Waals surface area (Å²) in [5.41, 5.74) is 1.28. The van der Waals surface area contributed by atoms with E-state index in [2.05, 4.69) is 24.0 Å². The summed E-state index contributed by atoms with van der Waals surface area (Å²) in [7, 11) is 0. The number of hydrogen-bond donors (Lipinski definition) is 1. The summed E-state index contributed by atoms with van der Waals surface area (Å²) in [5.74, 6) is 0.936. The topological polar surface area (TPSA) is 32.3 Å². The van der Waals surface area contributed by atoms with E-state index < -0.39 is 0 Å². The predicted molar refractivity (Wildman–Crippen MR) is 87.1 cm³/mol. The first kappa shape index (κ1) is 15.8. The number of benzene rings is 1. The molecule has 1 unspecified atom stereocenters. The zero-order valence-corrected chi connectivity index (χ0v) is 12.8. The van der Waals surface area contributed by atoms with Gasteiger partial charge in [-0.3, -0.25) is 4.79 Å². The SMILES string of the molecule is C=CCN(CCc1ccccc1)C(=O)CCC1CCNC1. The predicted octanol–water partition coefficient (Wildman–Crippen LogP) is 2.63. The van der Waals surface area contributed by atoms with Crippen molar-refractivity contribution in [3.63, 3.8) is 0 Å². The van der Waals surface area contributed by atoms with Crippen LogP contribution in [0.15, 0.2) is 43.0 Å². The van der Waals surface area contributed by atoms with Crippen LogP contribution in [0.5, 0.6) is 0 Å². The molecule has 0 saturated carbocycles. The Morgan fingerprint density at radius 3 is 2.86 bits per heavy atom. The lowest BCUT2D eigenvalue weighted by atomic mass is 10.0. The summed E-state index contributed by atoms with van der Waals surface area (Å²) >= 11 is 0. The van der Waals surface area contributed by atoms with E-state index in [0.29, 0.717) is 18.9 Å². The maximum absolute atomic E-state index is 12.4. The zero-order chi connectivity index (χ0) is 14.9. The van der Waals surface area contributed by atoms with Gasteiger partial charge >= 0.3 is 0 Å². The van der Waals surface area contributed by atoms with Crippen LogP contribution >= 0.6 is 0 Å². The molecule has 1 heterocycles. The Bertz CT molecular complexity index is 438. The molecule has 3 nitrogen and oxygen atoms in total. The van der Waals surface area contributed by atoms with E-state index in [1.807, 2.05) is 29.2 Å². The minimum Gasteiger partial charge on any atom is -0.339 e. The number of carbonyl (C=O) groups is 1. The van der Waals surface area contributed by atoms with Gasteiger partial charge in [0, 0.05) is 19.5 Å². The van der Waals surface area contributed by atoms with Gasteiger partial charge in [0.15, 0.2) is 0 Å². The Morgan fingerprint density at radius 1 is 1.38 bits per heavy atom. The Morgan fingerprint density at radius 2 is 2.19 bits per heavy atom. The van der Waals surface area contributed by atoms with Gasteiger partial charge in [0.25, 0.3) is 0 Å². The summed E-state index contributed by atoms with van der Waals surface area (Å²) in [4.78, 5) is 14.3. The van der Waals surface area contributed by atoms with Gasteiger partial charge in [-0.1, -0.05) is 36.4 Å². The molecule has 1 saturated heterocycles. The maximum atomic E-state index is 12.4. The number of nitrogens with one attached hydrogen (secondary N) is 1. The van der Waals surface area contributed by atoms with Crippen LogP contribution in [0.4, 0.5) is 0 Å². The summed E-state index contributed by atoms with van der Waals surface area (Å²) in [5, 5.41) is 3.36. The second kappa shape index (κ2) is 8.63. The van der Waals surface area contributed by atoms with Gasteiger partial charge in [-0.05, 0) is 43.8 Å². The molecule has 3 heteroatoms. The van der Waals surface area contributed by atoms with Crippen LogP contribution in [-0.4, -0.2) is 37.0 Å². The van der Waals surface area contributed by atoms with Crippen molar-refractivity contribution in [3.8, 4) is 0 Å². The summed E-state index contributed by atoms with van der Waals surface area (Å²) in [6, 6.07) is 10.3. The Kier molecular flexibility index (Phi) is 6.48. The molecule has 2 rings (SSSR count). The number of rotatable bonds is 8. The van der Waals surface area contributed by atoms with Gasteiger partial charge in [-0.25, -0.2) is 0 Å². The smallest absolute Gasteiger partial charge is 0.222 e. The Labute approximate surface area is 128 Å². The Hall–Kier alpha value is -1.61. The average Bonchev–Trinajstić information content (AvgIpc) is 3.03. The van der Waals surface area contributed by atoms with Crippen molar-refractivity contribution in [2.45, 2.75) is 25.7 Å². The molecule has 0 spiro atoms.